The Morgan fingerprint density at radius 2 is 2.30 bits per heavy atom. The Morgan fingerprint density at radius 3 is 2.95 bits per heavy atom. The summed E-state index contributed by atoms with van der Waals surface area (Å²) in [4.78, 5) is 13.5. The van der Waals surface area contributed by atoms with Crippen molar-refractivity contribution in [1.82, 2.24) is 15.5 Å². The number of aryl methyl sites for hydroxylation is 1. The first-order valence-corrected chi connectivity index (χ1v) is 8.01. The second kappa shape index (κ2) is 7.24. The zero-order chi connectivity index (χ0) is 14.4. The van der Waals surface area contributed by atoms with Crippen LogP contribution in [0.15, 0.2) is 23.6 Å². The number of aromatic nitrogens is 2. The Morgan fingerprint density at radius 1 is 1.45 bits per heavy atom. The van der Waals surface area contributed by atoms with Gasteiger partial charge in [-0.05, 0) is 30.4 Å². The predicted octanol–water partition coefficient (Wildman–Crippen LogP) is 3.69. The Balaban J connectivity index is 2.03. The fourth-order valence-electron chi connectivity index (χ4n) is 2.17. The molecule has 0 fully saturated rings. The number of nitrogens with one attached hydrogen (secondary N) is 2. The van der Waals surface area contributed by atoms with Crippen LogP contribution in [0.5, 0.6) is 0 Å². The molecule has 0 aliphatic heterocycles. The number of H-pyrrole nitrogens is 1. The van der Waals surface area contributed by atoms with Gasteiger partial charge in [-0.1, -0.05) is 32.8 Å². The Bertz CT molecular complexity index is 533. The van der Waals surface area contributed by atoms with Crippen LogP contribution in [0, 0.1) is 0 Å². The Hall–Kier alpha value is -1.62. The number of carbonyl (C=O) groups is 1. The van der Waals surface area contributed by atoms with E-state index in [0.29, 0.717) is 5.69 Å². The first-order valence-electron chi connectivity index (χ1n) is 7.13. The van der Waals surface area contributed by atoms with Gasteiger partial charge in [0.15, 0.2) is 0 Å². The van der Waals surface area contributed by atoms with Gasteiger partial charge in [-0.15, -0.1) is 11.3 Å². The van der Waals surface area contributed by atoms with Crippen LogP contribution in [0.2, 0.25) is 0 Å². The lowest BCUT2D eigenvalue weighted by Gasteiger charge is -2.15. The molecule has 1 atom stereocenters. The highest BCUT2D eigenvalue weighted by molar-refractivity contribution is 7.10. The van der Waals surface area contributed by atoms with Crippen molar-refractivity contribution in [2.24, 2.45) is 0 Å². The van der Waals surface area contributed by atoms with Gasteiger partial charge >= 0.3 is 0 Å². The van der Waals surface area contributed by atoms with Crippen LogP contribution in [0.1, 0.15) is 60.2 Å². The summed E-state index contributed by atoms with van der Waals surface area (Å²) >= 11 is 1.68. The summed E-state index contributed by atoms with van der Waals surface area (Å²) in [5.41, 5.74) is 1.49. The maximum Gasteiger partial charge on any atom is 0.272 e. The molecule has 20 heavy (non-hydrogen) atoms. The van der Waals surface area contributed by atoms with Gasteiger partial charge < -0.3 is 5.32 Å². The summed E-state index contributed by atoms with van der Waals surface area (Å²) in [6.45, 7) is 4.23. The second-order valence-electron chi connectivity index (χ2n) is 4.86. The molecule has 2 rings (SSSR count). The van der Waals surface area contributed by atoms with Crippen molar-refractivity contribution in [3.63, 3.8) is 0 Å². The predicted molar refractivity (Wildman–Crippen MR) is 82.0 cm³/mol. The number of hydrogen-bond donors (Lipinski definition) is 2. The van der Waals surface area contributed by atoms with Crippen LogP contribution < -0.4 is 5.32 Å². The summed E-state index contributed by atoms with van der Waals surface area (Å²) in [7, 11) is 0. The van der Waals surface area contributed by atoms with E-state index >= 15 is 0 Å². The molecular formula is C15H21N3OS. The molecular weight excluding hydrogens is 270 g/mol. The van der Waals surface area contributed by atoms with Crippen molar-refractivity contribution in [2.75, 3.05) is 0 Å². The number of amides is 1. The van der Waals surface area contributed by atoms with Crippen molar-refractivity contribution in [3.8, 4) is 0 Å². The molecule has 2 heterocycles. The number of nitrogens with zero attached hydrogens (tertiary/aromatic N) is 1. The minimum atomic E-state index is -0.101. The average molecular weight is 291 g/mol. The number of aromatic amines is 1. The molecule has 0 bridgehead atoms. The van der Waals surface area contributed by atoms with Crippen LogP contribution in [0.25, 0.3) is 0 Å². The number of rotatable bonds is 7. The molecule has 0 saturated carbocycles. The second-order valence-corrected chi connectivity index (χ2v) is 5.84. The summed E-state index contributed by atoms with van der Waals surface area (Å²) in [5.74, 6) is -0.101. The largest absolute Gasteiger partial charge is 0.343 e. The van der Waals surface area contributed by atoms with Gasteiger partial charge in [-0.3, -0.25) is 9.89 Å². The Labute approximate surface area is 123 Å². The first kappa shape index (κ1) is 14.8. The minimum absolute atomic E-state index is 0.0822. The molecule has 0 aliphatic carbocycles. The summed E-state index contributed by atoms with van der Waals surface area (Å²) in [5, 5.41) is 12.1. The van der Waals surface area contributed by atoms with Crippen molar-refractivity contribution in [2.45, 2.75) is 45.6 Å². The topological polar surface area (TPSA) is 57.8 Å². The van der Waals surface area contributed by atoms with Gasteiger partial charge in [0, 0.05) is 10.6 Å². The van der Waals surface area contributed by atoms with E-state index in [1.54, 1.807) is 11.3 Å². The molecule has 5 heteroatoms. The lowest BCUT2D eigenvalue weighted by Crippen LogP contribution is -2.28. The molecule has 1 unspecified atom stereocenters. The number of hydrogen-bond acceptors (Lipinski definition) is 3. The van der Waals surface area contributed by atoms with Gasteiger partial charge in [0.25, 0.3) is 5.91 Å². The Kier molecular flexibility index (Phi) is 5.35. The third-order valence-electron chi connectivity index (χ3n) is 3.15. The highest BCUT2D eigenvalue weighted by Gasteiger charge is 2.17. The smallest absolute Gasteiger partial charge is 0.272 e. The summed E-state index contributed by atoms with van der Waals surface area (Å²) in [6, 6.07) is 6.01. The SMILES string of the molecule is CCCc1cc(C(=O)NC(CCC)c2cccs2)n[nH]1. The third kappa shape index (κ3) is 3.70. The van der Waals surface area contributed by atoms with Gasteiger partial charge in [0.2, 0.25) is 0 Å². The maximum absolute atomic E-state index is 12.3. The summed E-state index contributed by atoms with van der Waals surface area (Å²) < 4.78 is 0. The summed E-state index contributed by atoms with van der Waals surface area (Å²) in [6.07, 6.45) is 3.93. The van der Waals surface area contributed by atoms with E-state index < -0.39 is 0 Å². The van der Waals surface area contributed by atoms with Crippen LogP contribution in [-0.4, -0.2) is 16.1 Å². The maximum atomic E-state index is 12.3. The molecule has 2 aromatic rings. The molecule has 108 valence electrons. The van der Waals surface area contributed by atoms with Crippen LogP contribution in [0.4, 0.5) is 0 Å². The first-order chi connectivity index (χ1) is 9.74. The average Bonchev–Trinajstić information content (AvgIpc) is 3.09. The monoisotopic (exact) mass is 291 g/mol. The normalized spacial score (nSPS) is 12.3. The third-order valence-corrected chi connectivity index (χ3v) is 4.14. The van der Waals surface area contributed by atoms with E-state index in [2.05, 4.69) is 35.4 Å². The van der Waals surface area contributed by atoms with E-state index in [1.807, 2.05) is 17.5 Å². The van der Waals surface area contributed by atoms with Gasteiger partial charge in [0.05, 0.1) is 6.04 Å². The molecule has 2 N–H and O–H groups in total. The fraction of sp³-hybridized carbons (Fsp3) is 0.467. The molecule has 4 nitrogen and oxygen atoms in total. The molecule has 0 radical (unpaired) electrons. The molecule has 0 aliphatic rings. The zero-order valence-electron chi connectivity index (χ0n) is 12.0. The van der Waals surface area contributed by atoms with Gasteiger partial charge in [-0.25, -0.2) is 0 Å². The van der Waals surface area contributed by atoms with Crippen LogP contribution in [-0.2, 0) is 6.42 Å². The van der Waals surface area contributed by atoms with E-state index in [0.717, 1.165) is 31.4 Å². The highest BCUT2D eigenvalue weighted by Crippen LogP contribution is 2.23. The quantitative estimate of drug-likeness (QED) is 0.817. The molecule has 0 spiro atoms. The van der Waals surface area contributed by atoms with Crippen molar-refractivity contribution < 1.29 is 4.79 Å². The molecule has 2 aromatic heterocycles. The van der Waals surface area contributed by atoms with E-state index in [9.17, 15) is 4.79 Å². The number of thiophene rings is 1. The lowest BCUT2D eigenvalue weighted by atomic mass is 10.1. The van der Waals surface area contributed by atoms with Gasteiger partial charge in [-0.2, -0.15) is 5.10 Å². The zero-order valence-corrected chi connectivity index (χ0v) is 12.8. The van der Waals surface area contributed by atoms with Gasteiger partial charge in [0.1, 0.15) is 5.69 Å². The van der Waals surface area contributed by atoms with Crippen LogP contribution >= 0.6 is 11.3 Å². The highest BCUT2D eigenvalue weighted by atomic mass is 32.1. The fourth-order valence-corrected chi connectivity index (χ4v) is 2.98. The number of carbonyl (C=O) groups excluding carboxylic acids is 1. The van der Waals surface area contributed by atoms with Crippen molar-refractivity contribution in [1.29, 1.82) is 0 Å². The molecule has 0 aromatic carbocycles. The van der Waals surface area contributed by atoms with E-state index in [4.69, 9.17) is 0 Å². The van der Waals surface area contributed by atoms with Crippen molar-refractivity contribution in [3.05, 3.63) is 39.8 Å². The van der Waals surface area contributed by atoms with Crippen molar-refractivity contribution >= 4 is 17.2 Å². The standard InChI is InChI=1S/C15H21N3OS/c1-3-6-11-10-13(18-17-11)15(19)16-12(7-4-2)14-8-5-9-20-14/h5,8-10,12H,3-4,6-7H2,1-2H3,(H,16,19)(H,17,18). The lowest BCUT2D eigenvalue weighted by molar-refractivity contribution is 0.0930. The van der Waals surface area contributed by atoms with Crippen LogP contribution in [0.3, 0.4) is 0 Å². The minimum Gasteiger partial charge on any atom is -0.343 e. The van der Waals surface area contributed by atoms with E-state index in [1.165, 1.54) is 4.88 Å². The molecule has 1 amide bonds. The van der Waals surface area contributed by atoms with E-state index in [-0.39, 0.29) is 11.9 Å². The molecule has 0 saturated heterocycles.